The summed E-state index contributed by atoms with van der Waals surface area (Å²) in [5.41, 5.74) is 0.501. The van der Waals surface area contributed by atoms with Gasteiger partial charge in [0.25, 0.3) is 5.91 Å². The average molecular weight is 335 g/mol. The molecule has 2 N–H and O–H groups in total. The van der Waals surface area contributed by atoms with E-state index in [0.717, 1.165) is 4.88 Å². The number of amides is 1. The van der Waals surface area contributed by atoms with E-state index in [0.29, 0.717) is 23.6 Å². The van der Waals surface area contributed by atoms with Crippen LogP contribution in [0.5, 0.6) is 11.5 Å². The summed E-state index contributed by atoms with van der Waals surface area (Å²) >= 11 is 1.55. The number of hydrogen-bond acceptors (Lipinski definition) is 6. The van der Waals surface area contributed by atoms with Crippen molar-refractivity contribution < 1.29 is 24.1 Å². The standard InChI is InChI=1S/C16H17NO5S/c18-5-6-20-14(15-2-1-7-23-15)9-17-16(19)11-3-4-12-13(8-11)22-10-21-12/h1-4,7-8,14,18H,5-6,9-10H2,(H,17,19)/t14-/m1/s1. The highest BCUT2D eigenvalue weighted by Gasteiger charge is 2.18. The second kappa shape index (κ2) is 7.45. The molecule has 0 bridgehead atoms. The first-order valence-electron chi connectivity index (χ1n) is 7.21. The Morgan fingerprint density at radius 1 is 1.35 bits per heavy atom. The minimum Gasteiger partial charge on any atom is -0.454 e. The van der Waals surface area contributed by atoms with Crippen molar-refractivity contribution in [1.29, 1.82) is 0 Å². The Kier molecular flexibility index (Phi) is 5.12. The quantitative estimate of drug-likeness (QED) is 0.809. The summed E-state index contributed by atoms with van der Waals surface area (Å²) in [4.78, 5) is 13.3. The van der Waals surface area contributed by atoms with Crippen LogP contribution in [0.25, 0.3) is 0 Å². The molecule has 0 unspecified atom stereocenters. The van der Waals surface area contributed by atoms with Gasteiger partial charge in [0.15, 0.2) is 11.5 Å². The molecule has 0 aliphatic carbocycles. The number of fused-ring (bicyclic) bond motifs is 1. The van der Waals surface area contributed by atoms with Crippen molar-refractivity contribution in [3.8, 4) is 11.5 Å². The summed E-state index contributed by atoms with van der Waals surface area (Å²) in [5.74, 6) is 1.01. The Balaban J connectivity index is 1.62. The first-order chi connectivity index (χ1) is 11.3. The van der Waals surface area contributed by atoms with Crippen LogP contribution in [-0.4, -0.2) is 37.6 Å². The van der Waals surface area contributed by atoms with Crippen LogP contribution in [0, 0.1) is 0 Å². The lowest BCUT2D eigenvalue weighted by molar-refractivity contribution is 0.0296. The molecule has 1 atom stereocenters. The normalized spacial score (nSPS) is 13.8. The summed E-state index contributed by atoms with van der Waals surface area (Å²) in [6, 6.07) is 8.94. The zero-order valence-electron chi connectivity index (χ0n) is 12.4. The number of carbonyl (C=O) groups excluding carboxylic acids is 1. The number of hydrogen-bond donors (Lipinski definition) is 2. The van der Waals surface area contributed by atoms with Gasteiger partial charge in [-0.05, 0) is 29.6 Å². The predicted molar refractivity (Wildman–Crippen MR) is 85.0 cm³/mol. The van der Waals surface area contributed by atoms with Gasteiger partial charge in [-0.2, -0.15) is 0 Å². The first-order valence-corrected chi connectivity index (χ1v) is 8.09. The zero-order chi connectivity index (χ0) is 16.1. The number of carbonyl (C=O) groups is 1. The summed E-state index contributed by atoms with van der Waals surface area (Å²) in [6.45, 7) is 0.671. The predicted octanol–water partition coefficient (Wildman–Crippen LogP) is 1.96. The summed E-state index contributed by atoms with van der Waals surface area (Å²) < 4.78 is 16.1. The topological polar surface area (TPSA) is 77.0 Å². The highest BCUT2D eigenvalue weighted by molar-refractivity contribution is 7.10. The molecule has 0 fully saturated rings. The van der Waals surface area contributed by atoms with Crippen molar-refractivity contribution in [1.82, 2.24) is 5.32 Å². The van der Waals surface area contributed by atoms with Gasteiger partial charge in [-0.15, -0.1) is 11.3 Å². The molecule has 0 spiro atoms. The smallest absolute Gasteiger partial charge is 0.251 e. The summed E-state index contributed by atoms with van der Waals surface area (Å²) in [6.07, 6.45) is -0.278. The monoisotopic (exact) mass is 335 g/mol. The van der Waals surface area contributed by atoms with Gasteiger partial charge in [0.05, 0.1) is 13.2 Å². The Hall–Kier alpha value is -2.09. The van der Waals surface area contributed by atoms with Crippen LogP contribution in [-0.2, 0) is 4.74 Å². The molecule has 1 aliphatic rings. The van der Waals surface area contributed by atoms with E-state index in [9.17, 15) is 4.79 Å². The van der Waals surface area contributed by atoms with Crippen LogP contribution in [0.3, 0.4) is 0 Å². The molecule has 0 saturated carbocycles. The van der Waals surface area contributed by atoms with Gasteiger partial charge in [-0.25, -0.2) is 0 Å². The first kappa shape index (κ1) is 15.8. The van der Waals surface area contributed by atoms with Crippen LogP contribution in [0.1, 0.15) is 21.3 Å². The number of aliphatic hydroxyl groups is 1. The minimum atomic E-state index is -0.278. The third-order valence-corrected chi connectivity index (χ3v) is 4.32. The molecule has 1 amide bonds. The largest absolute Gasteiger partial charge is 0.454 e. The summed E-state index contributed by atoms with van der Waals surface area (Å²) in [5, 5.41) is 13.7. The van der Waals surface area contributed by atoms with Gasteiger partial charge < -0.3 is 24.6 Å². The van der Waals surface area contributed by atoms with Crippen molar-refractivity contribution in [2.24, 2.45) is 0 Å². The number of ether oxygens (including phenoxy) is 3. The number of benzene rings is 1. The molecule has 3 rings (SSSR count). The lowest BCUT2D eigenvalue weighted by atomic mass is 10.2. The van der Waals surface area contributed by atoms with E-state index in [1.807, 2.05) is 17.5 Å². The second-order valence-electron chi connectivity index (χ2n) is 4.88. The van der Waals surface area contributed by atoms with Gasteiger partial charge in [0.1, 0.15) is 6.10 Å². The van der Waals surface area contributed by atoms with Gasteiger partial charge in [0.2, 0.25) is 6.79 Å². The molecule has 2 aromatic rings. The number of nitrogens with one attached hydrogen (secondary N) is 1. The Morgan fingerprint density at radius 3 is 3.00 bits per heavy atom. The van der Waals surface area contributed by atoms with Crippen LogP contribution < -0.4 is 14.8 Å². The SMILES string of the molecule is O=C(NC[C@@H](OCCO)c1cccs1)c1ccc2c(c1)OCO2. The van der Waals surface area contributed by atoms with Crippen LogP contribution >= 0.6 is 11.3 Å². The van der Waals surface area contributed by atoms with E-state index in [4.69, 9.17) is 19.3 Å². The average Bonchev–Trinajstić information content (AvgIpc) is 3.25. The highest BCUT2D eigenvalue weighted by Crippen LogP contribution is 2.32. The van der Waals surface area contributed by atoms with Gasteiger partial charge in [-0.1, -0.05) is 6.07 Å². The molecule has 1 aromatic heterocycles. The van der Waals surface area contributed by atoms with Crippen molar-refractivity contribution in [2.75, 3.05) is 26.6 Å². The molecule has 7 heteroatoms. The molecule has 23 heavy (non-hydrogen) atoms. The molecule has 1 aliphatic heterocycles. The lowest BCUT2D eigenvalue weighted by Crippen LogP contribution is -2.29. The van der Waals surface area contributed by atoms with Gasteiger partial charge in [-0.3, -0.25) is 4.79 Å². The van der Waals surface area contributed by atoms with Crippen LogP contribution in [0.2, 0.25) is 0 Å². The maximum atomic E-state index is 12.3. The maximum absolute atomic E-state index is 12.3. The zero-order valence-corrected chi connectivity index (χ0v) is 13.2. The third-order valence-electron chi connectivity index (χ3n) is 3.35. The fraction of sp³-hybridized carbons (Fsp3) is 0.312. The molecule has 2 heterocycles. The fourth-order valence-corrected chi connectivity index (χ4v) is 3.01. The maximum Gasteiger partial charge on any atom is 0.251 e. The van der Waals surface area contributed by atoms with E-state index in [2.05, 4.69) is 5.32 Å². The molecular weight excluding hydrogens is 318 g/mol. The highest BCUT2D eigenvalue weighted by atomic mass is 32.1. The van der Waals surface area contributed by atoms with E-state index in [-0.39, 0.29) is 32.0 Å². The molecule has 0 saturated heterocycles. The fourth-order valence-electron chi connectivity index (χ4n) is 2.24. The minimum absolute atomic E-state index is 0.0576. The molecule has 6 nitrogen and oxygen atoms in total. The van der Waals surface area contributed by atoms with Gasteiger partial charge >= 0.3 is 0 Å². The van der Waals surface area contributed by atoms with E-state index < -0.39 is 0 Å². The Labute approximate surface area is 137 Å². The van der Waals surface area contributed by atoms with Crippen molar-refractivity contribution >= 4 is 17.2 Å². The van der Waals surface area contributed by atoms with Crippen molar-refractivity contribution in [3.05, 3.63) is 46.2 Å². The van der Waals surface area contributed by atoms with Gasteiger partial charge in [0, 0.05) is 17.0 Å². The molecular formula is C16H17NO5S. The Morgan fingerprint density at radius 2 is 2.22 bits per heavy atom. The van der Waals surface area contributed by atoms with Crippen LogP contribution in [0.15, 0.2) is 35.7 Å². The van der Waals surface area contributed by atoms with Crippen LogP contribution in [0.4, 0.5) is 0 Å². The number of aliphatic hydroxyl groups excluding tert-OH is 1. The Bertz CT molecular complexity index is 658. The number of thiophene rings is 1. The van der Waals surface area contributed by atoms with Crippen molar-refractivity contribution in [2.45, 2.75) is 6.10 Å². The van der Waals surface area contributed by atoms with Crippen molar-refractivity contribution in [3.63, 3.8) is 0 Å². The lowest BCUT2D eigenvalue weighted by Gasteiger charge is -2.17. The number of rotatable bonds is 7. The summed E-state index contributed by atoms with van der Waals surface area (Å²) in [7, 11) is 0. The molecule has 1 aromatic carbocycles. The van der Waals surface area contributed by atoms with E-state index in [1.165, 1.54) is 0 Å². The third kappa shape index (κ3) is 3.82. The van der Waals surface area contributed by atoms with E-state index >= 15 is 0 Å². The molecule has 0 radical (unpaired) electrons. The van der Waals surface area contributed by atoms with E-state index in [1.54, 1.807) is 29.5 Å². The second-order valence-corrected chi connectivity index (χ2v) is 5.86. The molecule has 122 valence electrons.